The number of thioether (sulfide) groups is 1. The molecule has 5 heteroatoms. The van der Waals surface area contributed by atoms with Crippen LogP contribution in [0.1, 0.15) is 17.1 Å². The molecule has 2 aromatic rings. The molecule has 0 radical (unpaired) electrons. The summed E-state index contributed by atoms with van der Waals surface area (Å²) in [5, 5.41) is 2.35. The zero-order valence-corrected chi connectivity index (χ0v) is 12.9. The molecule has 2 atom stereocenters. The summed E-state index contributed by atoms with van der Waals surface area (Å²) >= 11 is 3.53. The van der Waals surface area contributed by atoms with E-state index in [1.165, 1.54) is 4.88 Å². The summed E-state index contributed by atoms with van der Waals surface area (Å²) in [5.41, 5.74) is 6.14. The second kappa shape index (κ2) is 6.08. The standard InChI is InChI=1S/C15H17NO2S2/c1-10(16)15(14-3-2-8-19-14)20-11-4-5-12-13(9-11)18-7-6-17-12/h2-5,8-10,15H,6-7,16H2,1H3. The second-order valence-corrected chi connectivity index (χ2v) is 6.91. The lowest BCUT2D eigenvalue weighted by Crippen LogP contribution is -2.21. The van der Waals surface area contributed by atoms with Gasteiger partial charge in [-0.3, -0.25) is 0 Å². The Balaban J connectivity index is 1.82. The fraction of sp³-hybridized carbons (Fsp3) is 0.333. The number of ether oxygens (including phenoxy) is 2. The fourth-order valence-electron chi connectivity index (χ4n) is 2.12. The predicted molar refractivity (Wildman–Crippen MR) is 84.0 cm³/mol. The maximum atomic E-state index is 6.14. The number of fused-ring (bicyclic) bond motifs is 1. The Kier molecular flexibility index (Phi) is 4.19. The van der Waals surface area contributed by atoms with E-state index in [0.29, 0.717) is 13.2 Å². The second-order valence-electron chi connectivity index (χ2n) is 4.72. The first-order chi connectivity index (χ1) is 9.74. The van der Waals surface area contributed by atoms with Crippen LogP contribution >= 0.6 is 23.1 Å². The van der Waals surface area contributed by atoms with Crippen molar-refractivity contribution in [3.8, 4) is 11.5 Å². The smallest absolute Gasteiger partial charge is 0.162 e. The molecule has 0 saturated carbocycles. The summed E-state index contributed by atoms with van der Waals surface area (Å²) in [4.78, 5) is 2.46. The number of thiophene rings is 1. The van der Waals surface area contributed by atoms with Crippen molar-refractivity contribution in [2.45, 2.75) is 23.1 Å². The van der Waals surface area contributed by atoms with Crippen molar-refractivity contribution in [1.82, 2.24) is 0 Å². The molecule has 1 aromatic carbocycles. The van der Waals surface area contributed by atoms with Gasteiger partial charge in [0.15, 0.2) is 11.5 Å². The quantitative estimate of drug-likeness (QED) is 0.875. The molecule has 0 amide bonds. The van der Waals surface area contributed by atoms with Gasteiger partial charge in [0.25, 0.3) is 0 Å². The molecule has 0 bridgehead atoms. The number of hydrogen-bond donors (Lipinski definition) is 1. The minimum absolute atomic E-state index is 0.0897. The average molecular weight is 307 g/mol. The van der Waals surface area contributed by atoms with E-state index in [1.807, 2.05) is 12.1 Å². The van der Waals surface area contributed by atoms with Crippen LogP contribution in [0, 0.1) is 0 Å². The van der Waals surface area contributed by atoms with Gasteiger partial charge in [0, 0.05) is 15.8 Å². The minimum atomic E-state index is 0.0897. The van der Waals surface area contributed by atoms with E-state index in [-0.39, 0.29) is 11.3 Å². The highest BCUT2D eigenvalue weighted by Gasteiger charge is 2.20. The maximum Gasteiger partial charge on any atom is 0.162 e. The molecular formula is C15H17NO2S2. The lowest BCUT2D eigenvalue weighted by molar-refractivity contribution is 0.171. The molecule has 0 spiro atoms. The summed E-state index contributed by atoms with van der Waals surface area (Å²) in [6.45, 7) is 3.29. The van der Waals surface area contributed by atoms with Gasteiger partial charge in [-0.15, -0.1) is 23.1 Å². The Bertz CT molecular complexity index is 569. The molecule has 20 heavy (non-hydrogen) atoms. The summed E-state index contributed by atoms with van der Waals surface area (Å²) in [6.07, 6.45) is 0. The molecule has 0 saturated heterocycles. The molecule has 0 aliphatic carbocycles. The Morgan fingerprint density at radius 2 is 2.00 bits per heavy atom. The number of benzene rings is 1. The summed E-state index contributed by atoms with van der Waals surface area (Å²) in [6, 6.07) is 10.4. The minimum Gasteiger partial charge on any atom is -0.486 e. The molecule has 106 valence electrons. The predicted octanol–water partition coefficient (Wildman–Crippen LogP) is 3.70. The van der Waals surface area contributed by atoms with E-state index >= 15 is 0 Å². The first-order valence-electron chi connectivity index (χ1n) is 6.59. The van der Waals surface area contributed by atoms with Gasteiger partial charge in [-0.25, -0.2) is 0 Å². The molecule has 3 rings (SSSR count). The van der Waals surface area contributed by atoms with E-state index in [4.69, 9.17) is 15.2 Å². The van der Waals surface area contributed by atoms with Gasteiger partial charge in [0.2, 0.25) is 0 Å². The van der Waals surface area contributed by atoms with E-state index in [1.54, 1.807) is 23.1 Å². The van der Waals surface area contributed by atoms with Crippen LogP contribution in [0.25, 0.3) is 0 Å². The zero-order chi connectivity index (χ0) is 13.9. The van der Waals surface area contributed by atoms with Crippen molar-refractivity contribution in [1.29, 1.82) is 0 Å². The highest BCUT2D eigenvalue weighted by molar-refractivity contribution is 7.99. The summed E-state index contributed by atoms with van der Waals surface area (Å²) < 4.78 is 11.2. The Hall–Kier alpha value is -1.17. The molecule has 2 unspecified atom stereocenters. The van der Waals surface area contributed by atoms with Crippen molar-refractivity contribution < 1.29 is 9.47 Å². The highest BCUT2D eigenvalue weighted by atomic mass is 32.2. The first-order valence-corrected chi connectivity index (χ1v) is 8.35. The van der Waals surface area contributed by atoms with Crippen LogP contribution < -0.4 is 15.2 Å². The van der Waals surface area contributed by atoms with Gasteiger partial charge < -0.3 is 15.2 Å². The van der Waals surface area contributed by atoms with Gasteiger partial charge in [0.1, 0.15) is 13.2 Å². The Morgan fingerprint density at radius 1 is 1.20 bits per heavy atom. The molecule has 2 N–H and O–H groups in total. The molecular weight excluding hydrogens is 290 g/mol. The largest absolute Gasteiger partial charge is 0.486 e. The van der Waals surface area contributed by atoms with E-state index < -0.39 is 0 Å². The molecule has 0 fully saturated rings. The zero-order valence-electron chi connectivity index (χ0n) is 11.2. The lowest BCUT2D eigenvalue weighted by atomic mass is 10.2. The molecule has 1 aromatic heterocycles. The molecule has 1 aliphatic heterocycles. The molecule has 3 nitrogen and oxygen atoms in total. The van der Waals surface area contributed by atoms with Crippen molar-refractivity contribution >= 4 is 23.1 Å². The van der Waals surface area contributed by atoms with Crippen LogP contribution in [0.15, 0.2) is 40.6 Å². The van der Waals surface area contributed by atoms with E-state index in [9.17, 15) is 0 Å². The van der Waals surface area contributed by atoms with Crippen LogP contribution in [0.3, 0.4) is 0 Å². The number of hydrogen-bond acceptors (Lipinski definition) is 5. The van der Waals surface area contributed by atoms with Crippen molar-refractivity contribution in [2.24, 2.45) is 5.73 Å². The SMILES string of the molecule is CC(N)C(Sc1ccc2c(c1)OCCO2)c1cccs1. The van der Waals surface area contributed by atoms with Crippen molar-refractivity contribution in [3.05, 3.63) is 40.6 Å². The van der Waals surface area contributed by atoms with Crippen molar-refractivity contribution in [3.63, 3.8) is 0 Å². The van der Waals surface area contributed by atoms with Crippen LogP contribution in [0.2, 0.25) is 0 Å². The van der Waals surface area contributed by atoms with Crippen molar-refractivity contribution in [2.75, 3.05) is 13.2 Å². The third-order valence-electron chi connectivity index (χ3n) is 3.08. The molecule has 1 aliphatic rings. The average Bonchev–Trinajstić information content (AvgIpc) is 2.98. The number of nitrogens with two attached hydrogens (primary N) is 1. The van der Waals surface area contributed by atoms with Crippen LogP contribution in [0.5, 0.6) is 11.5 Å². The van der Waals surface area contributed by atoms with Gasteiger partial charge in [-0.2, -0.15) is 0 Å². The summed E-state index contributed by atoms with van der Waals surface area (Å²) in [5.74, 6) is 1.66. The van der Waals surface area contributed by atoms with Crippen LogP contribution in [-0.2, 0) is 0 Å². The fourth-order valence-corrected chi connectivity index (χ4v) is 4.28. The third-order valence-corrected chi connectivity index (χ3v) is 5.65. The maximum absolute atomic E-state index is 6.14. The highest BCUT2D eigenvalue weighted by Crippen LogP contribution is 2.42. The van der Waals surface area contributed by atoms with Gasteiger partial charge in [-0.1, -0.05) is 6.07 Å². The van der Waals surface area contributed by atoms with Crippen LogP contribution in [0.4, 0.5) is 0 Å². The lowest BCUT2D eigenvalue weighted by Gasteiger charge is -2.22. The molecule has 2 heterocycles. The van der Waals surface area contributed by atoms with Gasteiger partial charge in [-0.05, 0) is 36.6 Å². The van der Waals surface area contributed by atoms with E-state index in [0.717, 1.165) is 16.4 Å². The monoisotopic (exact) mass is 307 g/mol. The van der Waals surface area contributed by atoms with Gasteiger partial charge >= 0.3 is 0 Å². The Labute approximate surface area is 127 Å². The number of rotatable bonds is 4. The van der Waals surface area contributed by atoms with Crippen LogP contribution in [-0.4, -0.2) is 19.3 Å². The first kappa shape index (κ1) is 13.8. The third kappa shape index (κ3) is 2.95. The Morgan fingerprint density at radius 3 is 2.70 bits per heavy atom. The van der Waals surface area contributed by atoms with Gasteiger partial charge in [0.05, 0.1) is 5.25 Å². The normalized spacial score (nSPS) is 16.7. The topological polar surface area (TPSA) is 44.5 Å². The summed E-state index contributed by atoms with van der Waals surface area (Å²) in [7, 11) is 0. The van der Waals surface area contributed by atoms with E-state index in [2.05, 4.69) is 30.5 Å².